The first-order valence-electron chi connectivity index (χ1n) is 4.81. The largest absolute Gasteiger partial charge is 0.348 e. The van der Waals surface area contributed by atoms with Gasteiger partial charge in [-0.25, -0.2) is 4.39 Å². The van der Waals surface area contributed by atoms with Gasteiger partial charge >= 0.3 is 0 Å². The van der Waals surface area contributed by atoms with Crippen molar-refractivity contribution in [3.05, 3.63) is 58.0 Å². The molecule has 0 atom stereocenters. The molecule has 0 saturated heterocycles. The molecule has 1 aromatic heterocycles. The maximum Gasteiger partial charge on any atom is 0.252 e. The molecule has 4 heteroatoms. The quantitative estimate of drug-likeness (QED) is 0.870. The lowest BCUT2D eigenvalue weighted by Crippen LogP contribution is -2.22. The predicted molar refractivity (Wildman–Crippen MR) is 61.9 cm³/mol. The minimum Gasteiger partial charge on any atom is -0.348 e. The summed E-state index contributed by atoms with van der Waals surface area (Å²) >= 11 is 1.46. The minimum atomic E-state index is -0.298. The summed E-state index contributed by atoms with van der Waals surface area (Å²) in [6.07, 6.45) is 0. The van der Waals surface area contributed by atoms with Crippen LogP contribution in [0, 0.1) is 5.82 Å². The van der Waals surface area contributed by atoms with Crippen LogP contribution in [0.1, 0.15) is 15.9 Å². The van der Waals surface area contributed by atoms with E-state index in [1.54, 1.807) is 29.6 Å². The zero-order valence-electron chi connectivity index (χ0n) is 8.44. The Kier molecular flexibility index (Phi) is 3.31. The second-order valence-corrected chi connectivity index (χ2v) is 4.07. The van der Waals surface area contributed by atoms with Gasteiger partial charge in [0.25, 0.3) is 5.91 Å². The van der Waals surface area contributed by atoms with E-state index in [0.717, 1.165) is 0 Å². The number of halogens is 1. The van der Waals surface area contributed by atoms with E-state index in [1.807, 2.05) is 5.38 Å². The van der Waals surface area contributed by atoms with Crippen molar-refractivity contribution in [1.29, 1.82) is 0 Å². The highest BCUT2D eigenvalue weighted by atomic mass is 32.1. The number of rotatable bonds is 3. The Morgan fingerprint density at radius 3 is 2.81 bits per heavy atom. The summed E-state index contributed by atoms with van der Waals surface area (Å²) in [6, 6.07) is 8.14. The van der Waals surface area contributed by atoms with Gasteiger partial charge in [0.05, 0.1) is 0 Å². The Balaban J connectivity index is 1.98. The van der Waals surface area contributed by atoms with Crippen LogP contribution in [0.25, 0.3) is 0 Å². The molecule has 0 aliphatic heterocycles. The Morgan fingerprint density at radius 1 is 1.31 bits per heavy atom. The number of thiophene rings is 1. The molecular weight excluding hydrogens is 225 g/mol. The second-order valence-electron chi connectivity index (χ2n) is 3.29. The monoisotopic (exact) mass is 235 g/mol. The molecule has 0 bridgehead atoms. The first-order chi connectivity index (χ1) is 7.77. The third-order valence-electron chi connectivity index (χ3n) is 2.18. The summed E-state index contributed by atoms with van der Waals surface area (Å²) in [5.74, 6) is -0.474. The number of hydrogen-bond acceptors (Lipinski definition) is 2. The highest BCUT2D eigenvalue weighted by molar-refractivity contribution is 7.08. The van der Waals surface area contributed by atoms with E-state index in [-0.39, 0.29) is 18.3 Å². The molecule has 0 radical (unpaired) electrons. The summed E-state index contributed by atoms with van der Waals surface area (Å²) < 4.78 is 13.2. The third-order valence-corrected chi connectivity index (χ3v) is 2.86. The number of hydrogen-bond donors (Lipinski definition) is 1. The van der Waals surface area contributed by atoms with Crippen LogP contribution in [-0.4, -0.2) is 5.91 Å². The van der Waals surface area contributed by atoms with Crippen molar-refractivity contribution >= 4 is 17.2 Å². The maximum absolute atomic E-state index is 13.2. The van der Waals surface area contributed by atoms with E-state index < -0.39 is 0 Å². The van der Waals surface area contributed by atoms with Gasteiger partial charge in [0.1, 0.15) is 5.82 Å². The van der Waals surface area contributed by atoms with Gasteiger partial charge in [-0.3, -0.25) is 4.79 Å². The van der Waals surface area contributed by atoms with Crippen molar-refractivity contribution in [2.24, 2.45) is 0 Å². The van der Waals surface area contributed by atoms with Gasteiger partial charge in [-0.15, -0.1) is 0 Å². The molecule has 0 fully saturated rings. The fourth-order valence-corrected chi connectivity index (χ4v) is 1.95. The van der Waals surface area contributed by atoms with Gasteiger partial charge in [-0.1, -0.05) is 18.2 Å². The summed E-state index contributed by atoms with van der Waals surface area (Å²) in [4.78, 5) is 11.6. The first kappa shape index (κ1) is 10.8. The molecule has 1 aromatic carbocycles. The van der Waals surface area contributed by atoms with E-state index in [2.05, 4.69) is 5.32 Å². The molecule has 0 aliphatic rings. The van der Waals surface area contributed by atoms with Crippen LogP contribution >= 0.6 is 11.3 Å². The number of carbonyl (C=O) groups is 1. The Labute approximate surface area is 96.7 Å². The van der Waals surface area contributed by atoms with Crippen LogP contribution in [0.2, 0.25) is 0 Å². The molecule has 0 spiro atoms. The highest BCUT2D eigenvalue weighted by Crippen LogP contribution is 2.08. The lowest BCUT2D eigenvalue weighted by atomic mass is 10.2. The van der Waals surface area contributed by atoms with E-state index in [9.17, 15) is 9.18 Å². The topological polar surface area (TPSA) is 29.1 Å². The van der Waals surface area contributed by atoms with Crippen molar-refractivity contribution in [3.8, 4) is 0 Å². The maximum atomic E-state index is 13.2. The average molecular weight is 235 g/mol. The summed E-state index contributed by atoms with van der Waals surface area (Å²) in [5.41, 5.74) is 1.10. The Hall–Kier alpha value is -1.68. The molecule has 2 aromatic rings. The van der Waals surface area contributed by atoms with Gasteiger partial charge < -0.3 is 5.32 Å². The molecule has 16 heavy (non-hydrogen) atoms. The Bertz CT molecular complexity index is 482. The van der Waals surface area contributed by atoms with Crippen LogP contribution in [0.3, 0.4) is 0 Å². The standard InChI is InChI=1S/C12H10FNOS/c13-11-4-2-1-3-9(11)7-14-12(15)10-5-6-16-8-10/h1-6,8H,7H2,(H,14,15). The predicted octanol–water partition coefficient (Wildman–Crippen LogP) is 2.82. The normalized spacial score (nSPS) is 10.1. The van der Waals surface area contributed by atoms with Crippen LogP contribution < -0.4 is 5.32 Å². The average Bonchev–Trinajstić information content (AvgIpc) is 2.81. The molecule has 0 unspecified atom stereocenters. The molecule has 0 aliphatic carbocycles. The SMILES string of the molecule is O=C(NCc1ccccc1F)c1ccsc1. The number of amides is 1. The number of nitrogens with one attached hydrogen (secondary N) is 1. The van der Waals surface area contributed by atoms with Crippen molar-refractivity contribution in [3.63, 3.8) is 0 Å². The summed E-state index contributed by atoms with van der Waals surface area (Å²) in [5, 5.41) is 6.26. The molecular formula is C12H10FNOS. The van der Waals surface area contributed by atoms with E-state index in [4.69, 9.17) is 0 Å². The molecule has 82 valence electrons. The van der Waals surface area contributed by atoms with E-state index >= 15 is 0 Å². The number of carbonyl (C=O) groups excluding carboxylic acids is 1. The molecule has 2 nitrogen and oxygen atoms in total. The van der Waals surface area contributed by atoms with Gasteiger partial charge in [-0.05, 0) is 17.5 Å². The van der Waals surface area contributed by atoms with Crippen molar-refractivity contribution in [1.82, 2.24) is 5.32 Å². The van der Waals surface area contributed by atoms with Gasteiger partial charge in [0.2, 0.25) is 0 Å². The summed E-state index contributed by atoms with van der Waals surface area (Å²) in [6.45, 7) is 0.210. The lowest BCUT2D eigenvalue weighted by molar-refractivity contribution is 0.0951. The van der Waals surface area contributed by atoms with Crippen molar-refractivity contribution in [2.45, 2.75) is 6.54 Å². The lowest BCUT2D eigenvalue weighted by Gasteiger charge is -2.04. The smallest absolute Gasteiger partial charge is 0.252 e. The third kappa shape index (κ3) is 2.46. The number of benzene rings is 1. The fourth-order valence-electron chi connectivity index (χ4n) is 1.31. The van der Waals surface area contributed by atoms with Gasteiger partial charge in [0, 0.05) is 23.1 Å². The Morgan fingerprint density at radius 2 is 2.12 bits per heavy atom. The molecule has 1 amide bonds. The summed E-state index contributed by atoms with van der Waals surface area (Å²) in [7, 11) is 0. The first-order valence-corrected chi connectivity index (χ1v) is 5.75. The van der Waals surface area contributed by atoms with E-state index in [1.165, 1.54) is 17.4 Å². The van der Waals surface area contributed by atoms with Crippen LogP contribution in [-0.2, 0) is 6.54 Å². The zero-order valence-corrected chi connectivity index (χ0v) is 9.26. The fraction of sp³-hybridized carbons (Fsp3) is 0.0833. The van der Waals surface area contributed by atoms with Crippen molar-refractivity contribution < 1.29 is 9.18 Å². The molecule has 2 rings (SSSR count). The molecule has 1 N–H and O–H groups in total. The van der Waals surface area contributed by atoms with Crippen molar-refractivity contribution in [2.75, 3.05) is 0 Å². The van der Waals surface area contributed by atoms with Crippen LogP contribution in [0.4, 0.5) is 4.39 Å². The zero-order chi connectivity index (χ0) is 11.4. The van der Waals surface area contributed by atoms with Gasteiger partial charge in [0.15, 0.2) is 0 Å². The molecule has 1 heterocycles. The van der Waals surface area contributed by atoms with E-state index in [0.29, 0.717) is 11.1 Å². The highest BCUT2D eigenvalue weighted by Gasteiger charge is 2.06. The van der Waals surface area contributed by atoms with Crippen LogP contribution in [0.15, 0.2) is 41.1 Å². The molecule has 0 saturated carbocycles. The van der Waals surface area contributed by atoms with Gasteiger partial charge in [-0.2, -0.15) is 11.3 Å². The minimum absolute atomic E-state index is 0.176. The van der Waals surface area contributed by atoms with Crippen LogP contribution in [0.5, 0.6) is 0 Å². The second kappa shape index (κ2) is 4.90.